The monoisotopic (exact) mass is 367 g/mol. The van der Waals surface area contributed by atoms with Gasteiger partial charge in [0.1, 0.15) is 18.0 Å². The van der Waals surface area contributed by atoms with Gasteiger partial charge in [-0.3, -0.25) is 0 Å². The average Bonchev–Trinajstić information content (AvgIpc) is 3.10. The number of aromatic nitrogens is 6. The highest BCUT2D eigenvalue weighted by Crippen LogP contribution is 2.25. The predicted octanol–water partition coefficient (Wildman–Crippen LogP) is 1.60. The second-order valence-electron chi connectivity index (χ2n) is 6.81. The molecule has 0 aliphatic carbocycles. The minimum atomic E-state index is 0.650. The van der Waals surface area contributed by atoms with Crippen molar-refractivity contribution < 1.29 is 0 Å². The van der Waals surface area contributed by atoms with Crippen LogP contribution in [0.15, 0.2) is 12.4 Å². The number of rotatable bonds is 4. The molecule has 0 atom stereocenters. The zero-order valence-electron chi connectivity index (χ0n) is 16.3. The molecule has 0 unspecified atom stereocenters. The molecule has 3 aromatic heterocycles. The number of nitrogens with one attached hydrogen (secondary N) is 1. The number of fused-ring (bicyclic) bond motifs is 1. The standard InChI is InChI=1S/C18H25N9/c1-5-19-17-22-12(2)10-15(24-17)25-6-8-26(9-7-25)16-13(3)14(4)23-18-20-11-21-27(16)18/h10-11H,5-9H2,1-4H3,(H,19,22,24). The van der Waals surface area contributed by atoms with Crippen LogP contribution in [0.4, 0.5) is 17.6 Å². The lowest BCUT2D eigenvalue weighted by atomic mass is 10.2. The first kappa shape index (κ1) is 17.4. The molecule has 0 bridgehead atoms. The van der Waals surface area contributed by atoms with Gasteiger partial charge < -0.3 is 15.1 Å². The van der Waals surface area contributed by atoms with Crippen LogP contribution in [-0.2, 0) is 0 Å². The van der Waals surface area contributed by atoms with Crippen LogP contribution in [-0.4, -0.2) is 62.3 Å². The number of hydrogen-bond acceptors (Lipinski definition) is 8. The van der Waals surface area contributed by atoms with E-state index in [1.807, 2.05) is 31.4 Å². The number of anilines is 3. The van der Waals surface area contributed by atoms with Gasteiger partial charge in [0.25, 0.3) is 5.78 Å². The van der Waals surface area contributed by atoms with E-state index in [1.165, 1.54) is 0 Å². The molecule has 9 heteroatoms. The number of aryl methyl sites for hydroxylation is 2. The van der Waals surface area contributed by atoms with E-state index in [4.69, 9.17) is 0 Å². The normalized spacial score (nSPS) is 14.8. The molecule has 142 valence electrons. The Kier molecular flexibility index (Phi) is 4.51. The molecule has 0 spiro atoms. The van der Waals surface area contributed by atoms with Gasteiger partial charge >= 0.3 is 0 Å². The molecule has 3 aromatic rings. The minimum absolute atomic E-state index is 0.650. The Morgan fingerprint density at radius 3 is 2.48 bits per heavy atom. The van der Waals surface area contributed by atoms with E-state index >= 15 is 0 Å². The second kappa shape index (κ2) is 6.98. The van der Waals surface area contributed by atoms with Crippen molar-refractivity contribution in [2.24, 2.45) is 0 Å². The summed E-state index contributed by atoms with van der Waals surface area (Å²) in [4.78, 5) is 22.6. The zero-order valence-corrected chi connectivity index (χ0v) is 16.3. The van der Waals surface area contributed by atoms with Crippen LogP contribution in [0.25, 0.3) is 5.78 Å². The fourth-order valence-corrected chi connectivity index (χ4v) is 3.49. The molecule has 27 heavy (non-hydrogen) atoms. The summed E-state index contributed by atoms with van der Waals surface area (Å²) in [5, 5.41) is 7.58. The molecule has 0 saturated carbocycles. The molecule has 1 fully saturated rings. The van der Waals surface area contributed by atoms with E-state index in [2.05, 4.69) is 47.1 Å². The van der Waals surface area contributed by atoms with Crippen molar-refractivity contribution in [3.63, 3.8) is 0 Å². The van der Waals surface area contributed by atoms with Gasteiger partial charge in [-0.1, -0.05) is 0 Å². The summed E-state index contributed by atoms with van der Waals surface area (Å²) >= 11 is 0. The summed E-state index contributed by atoms with van der Waals surface area (Å²) in [6.45, 7) is 12.5. The Morgan fingerprint density at radius 1 is 1.00 bits per heavy atom. The van der Waals surface area contributed by atoms with E-state index < -0.39 is 0 Å². The van der Waals surface area contributed by atoms with Crippen molar-refractivity contribution in [3.8, 4) is 0 Å². The van der Waals surface area contributed by atoms with Crippen LogP contribution in [0.2, 0.25) is 0 Å². The second-order valence-corrected chi connectivity index (χ2v) is 6.81. The molecule has 4 heterocycles. The van der Waals surface area contributed by atoms with Crippen molar-refractivity contribution in [2.75, 3.05) is 47.8 Å². The van der Waals surface area contributed by atoms with Crippen molar-refractivity contribution in [1.29, 1.82) is 0 Å². The Bertz CT molecular complexity index is 957. The summed E-state index contributed by atoms with van der Waals surface area (Å²) in [6.07, 6.45) is 1.56. The summed E-state index contributed by atoms with van der Waals surface area (Å²) in [7, 11) is 0. The lowest BCUT2D eigenvalue weighted by molar-refractivity contribution is 0.630. The summed E-state index contributed by atoms with van der Waals surface area (Å²) in [6, 6.07) is 2.05. The van der Waals surface area contributed by atoms with Gasteiger partial charge in [-0.2, -0.15) is 19.6 Å². The molecule has 1 aliphatic heterocycles. The topological polar surface area (TPSA) is 87.4 Å². The van der Waals surface area contributed by atoms with Crippen LogP contribution < -0.4 is 15.1 Å². The van der Waals surface area contributed by atoms with Crippen LogP contribution >= 0.6 is 0 Å². The van der Waals surface area contributed by atoms with Crippen LogP contribution in [0, 0.1) is 20.8 Å². The van der Waals surface area contributed by atoms with E-state index in [0.717, 1.165) is 61.3 Å². The fraction of sp³-hybridized carbons (Fsp3) is 0.500. The first-order valence-electron chi connectivity index (χ1n) is 9.33. The van der Waals surface area contributed by atoms with Crippen LogP contribution in [0.5, 0.6) is 0 Å². The highest BCUT2D eigenvalue weighted by molar-refractivity contribution is 5.55. The van der Waals surface area contributed by atoms with Crippen LogP contribution in [0.3, 0.4) is 0 Å². The van der Waals surface area contributed by atoms with Gasteiger partial charge in [0.15, 0.2) is 0 Å². The Hall–Kier alpha value is -2.97. The quantitative estimate of drug-likeness (QED) is 0.744. The van der Waals surface area contributed by atoms with Gasteiger partial charge in [0, 0.05) is 55.7 Å². The third-order valence-electron chi connectivity index (χ3n) is 4.95. The third kappa shape index (κ3) is 3.24. The third-order valence-corrected chi connectivity index (χ3v) is 4.95. The molecule has 0 amide bonds. The molecule has 1 saturated heterocycles. The Balaban J connectivity index is 1.57. The smallest absolute Gasteiger partial charge is 0.254 e. The zero-order chi connectivity index (χ0) is 19.0. The maximum absolute atomic E-state index is 4.67. The SMILES string of the molecule is CCNc1nc(C)cc(N2CCN(c3c(C)c(C)nc4ncnn34)CC2)n1. The lowest BCUT2D eigenvalue weighted by Gasteiger charge is -2.37. The summed E-state index contributed by atoms with van der Waals surface area (Å²) < 4.78 is 1.84. The average molecular weight is 367 g/mol. The van der Waals surface area contributed by atoms with Crippen molar-refractivity contribution in [1.82, 2.24) is 29.5 Å². The molecule has 0 aromatic carbocycles. The van der Waals surface area contributed by atoms with Gasteiger partial charge in [0.05, 0.1) is 0 Å². The number of nitrogens with zero attached hydrogens (tertiary/aromatic N) is 8. The number of hydrogen-bond donors (Lipinski definition) is 1. The summed E-state index contributed by atoms with van der Waals surface area (Å²) in [5.41, 5.74) is 3.12. The minimum Gasteiger partial charge on any atom is -0.354 e. The van der Waals surface area contributed by atoms with E-state index in [9.17, 15) is 0 Å². The van der Waals surface area contributed by atoms with Crippen molar-refractivity contribution in [2.45, 2.75) is 27.7 Å². The van der Waals surface area contributed by atoms with Crippen LogP contribution in [0.1, 0.15) is 23.9 Å². The molecular weight excluding hydrogens is 342 g/mol. The van der Waals surface area contributed by atoms with Gasteiger partial charge in [-0.05, 0) is 27.7 Å². The highest BCUT2D eigenvalue weighted by atomic mass is 15.4. The predicted molar refractivity (Wildman–Crippen MR) is 106 cm³/mol. The first-order valence-corrected chi connectivity index (χ1v) is 9.33. The molecule has 1 N–H and O–H groups in total. The van der Waals surface area contributed by atoms with Crippen molar-refractivity contribution in [3.05, 3.63) is 29.3 Å². The van der Waals surface area contributed by atoms with E-state index in [1.54, 1.807) is 6.33 Å². The molecule has 0 radical (unpaired) electrons. The fourth-order valence-electron chi connectivity index (χ4n) is 3.49. The molecule has 9 nitrogen and oxygen atoms in total. The number of piperazine rings is 1. The first-order chi connectivity index (χ1) is 13.1. The van der Waals surface area contributed by atoms with E-state index in [0.29, 0.717) is 11.7 Å². The molecule has 1 aliphatic rings. The molecular formula is C18H25N9. The maximum atomic E-state index is 4.67. The highest BCUT2D eigenvalue weighted by Gasteiger charge is 2.23. The largest absolute Gasteiger partial charge is 0.354 e. The Morgan fingerprint density at radius 2 is 1.74 bits per heavy atom. The maximum Gasteiger partial charge on any atom is 0.254 e. The van der Waals surface area contributed by atoms with Gasteiger partial charge in [-0.25, -0.2) is 9.97 Å². The molecule has 4 rings (SSSR count). The lowest BCUT2D eigenvalue weighted by Crippen LogP contribution is -2.47. The van der Waals surface area contributed by atoms with Gasteiger partial charge in [0.2, 0.25) is 5.95 Å². The summed E-state index contributed by atoms with van der Waals surface area (Å²) in [5.74, 6) is 3.41. The van der Waals surface area contributed by atoms with Crippen molar-refractivity contribution >= 4 is 23.4 Å². The van der Waals surface area contributed by atoms with Gasteiger partial charge in [-0.15, -0.1) is 0 Å². The Labute approximate surface area is 158 Å². The van der Waals surface area contributed by atoms with E-state index in [-0.39, 0.29) is 0 Å².